The molecular formula is C20H32IN5O. The molecule has 0 fully saturated rings. The van der Waals surface area contributed by atoms with E-state index >= 15 is 0 Å². The smallest absolute Gasteiger partial charge is 0.191 e. The van der Waals surface area contributed by atoms with Gasteiger partial charge in [0.05, 0.1) is 19.2 Å². The average Bonchev–Trinajstić information content (AvgIpc) is 3.12. The summed E-state index contributed by atoms with van der Waals surface area (Å²) in [5.74, 6) is 0.699. The maximum absolute atomic E-state index is 10.4. The van der Waals surface area contributed by atoms with Gasteiger partial charge in [-0.25, -0.2) is 0 Å². The molecule has 0 radical (unpaired) electrons. The zero-order valence-corrected chi connectivity index (χ0v) is 19.0. The summed E-state index contributed by atoms with van der Waals surface area (Å²) < 4.78 is 1.86. The minimum absolute atomic E-state index is 0. The van der Waals surface area contributed by atoms with Crippen molar-refractivity contribution in [2.24, 2.45) is 4.99 Å². The van der Waals surface area contributed by atoms with E-state index in [1.165, 1.54) is 5.56 Å². The van der Waals surface area contributed by atoms with Crippen LogP contribution in [0.4, 0.5) is 0 Å². The number of benzene rings is 1. The fourth-order valence-corrected chi connectivity index (χ4v) is 2.55. The van der Waals surface area contributed by atoms with Crippen molar-refractivity contribution in [2.75, 3.05) is 19.6 Å². The molecule has 0 bridgehead atoms. The van der Waals surface area contributed by atoms with E-state index in [-0.39, 0.29) is 29.4 Å². The van der Waals surface area contributed by atoms with Crippen molar-refractivity contribution < 1.29 is 5.11 Å². The van der Waals surface area contributed by atoms with E-state index in [0.29, 0.717) is 19.0 Å². The van der Waals surface area contributed by atoms with Gasteiger partial charge in [0, 0.05) is 25.5 Å². The molecule has 1 aromatic heterocycles. The molecule has 3 N–H and O–H groups in total. The summed E-state index contributed by atoms with van der Waals surface area (Å²) in [4.78, 5) is 4.49. The van der Waals surface area contributed by atoms with Crippen molar-refractivity contribution in [3.63, 3.8) is 0 Å². The van der Waals surface area contributed by atoms with Crippen molar-refractivity contribution in [1.82, 2.24) is 20.4 Å². The van der Waals surface area contributed by atoms with Gasteiger partial charge in [0.1, 0.15) is 0 Å². The molecule has 0 spiro atoms. The predicted octanol–water partition coefficient (Wildman–Crippen LogP) is 3.09. The van der Waals surface area contributed by atoms with Crippen LogP contribution in [0.1, 0.15) is 44.9 Å². The third kappa shape index (κ3) is 7.88. The van der Waals surface area contributed by atoms with Crippen LogP contribution in [0.15, 0.2) is 47.7 Å². The van der Waals surface area contributed by atoms with Crippen LogP contribution < -0.4 is 10.6 Å². The van der Waals surface area contributed by atoms with Gasteiger partial charge >= 0.3 is 0 Å². The molecule has 1 heterocycles. The van der Waals surface area contributed by atoms with Crippen LogP contribution in [0.25, 0.3) is 0 Å². The molecule has 0 saturated carbocycles. The lowest BCUT2D eigenvalue weighted by molar-refractivity contribution is 0.187. The quantitative estimate of drug-likeness (QED) is 0.320. The molecule has 2 aromatic rings. The van der Waals surface area contributed by atoms with Crippen molar-refractivity contribution in [1.29, 1.82) is 0 Å². The SMILES string of the molecule is CCNC(=NCC(O)c1ccc(C(C)(C)C)cc1)NCCn1cccn1.I. The number of aliphatic hydroxyl groups excluding tert-OH is 1. The fourth-order valence-electron chi connectivity index (χ4n) is 2.55. The van der Waals surface area contributed by atoms with Gasteiger partial charge in [-0.15, -0.1) is 24.0 Å². The van der Waals surface area contributed by atoms with E-state index in [2.05, 4.69) is 53.6 Å². The number of aliphatic imine (C=N–C) groups is 1. The molecule has 6 nitrogen and oxygen atoms in total. The topological polar surface area (TPSA) is 74.5 Å². The van der Waals surface area contributed by atoms with Crippen LogP contribution in [0.5, 0.6) is 0 Å². The minimum atomic E-state index is -0.620. The van der Waals surface area contributed by atoms with Gasteiger partial charge in [-0.3, -0.25) is 9.67 Å². The van der Waals surface area contributed by atoms with Crippen LogP contribution in [0, 0.1) is 0 Å². The highest BCUT2D eigenvalue weighted by Gasteiger charge is 2.14. The molecule has 0 aliphatic carbocycles. The molecule has 0 saturated heterocycles. The first-order valence-electron chi connectivity index (χ1n) is 9.18. The van der Waals surface area contributed by atoms with Gasteiger partial charge < -0.3 is 15.7 Å². The molecule has 0 aliphatic rings. The fraction of sp³-hybridized carbons (Fsp3) is 0.500. The van der Waals surface area contributed by atoms with Crippen LogP contribution in [0.3, 0.4) is 0 Å². The van der Waals surface area contributed by atoms with E-state index in [1.54, 1.807) is 6.20 Å². The number of guanidine groups is 1. The molecule has 2 rings (SSSR count). The summed E-state index contributed by atoms with van der Waals surface area (Å²) in [7, 11) is 0. The number of hydrogen-bond donors (Lipinski definition) is 3. The zero-order valence-electron chi connectivity index (χ0n) is 16.6. The normalized spacial score (nSPS) is 13.0. The van der Waals surface area contributed by atoms with E-state index < -0.39 is 6.10 Å². The Bertz CT molecular complexity index is 677. The lowest BCUT2D eigenvalue weighted by Gasteiger charge is -2.20. The molecular weight excluding hydrogens is 453 g/mol. The maximum Gasteiger partial charge on any atom is 0.191 e. The Morgan fingerprint density at radius 3 is 2.48 bits per heavy atom. The predicted molar refractivity (Wildman–Crippen MR) is 122 cm³/mol. The zero-order chi connectivity index (χ0) is 19.0. The lowest BCUT2D eigenvalue weighted by atomic mass is 9.86. The Kier molecular flexibility index (Phi) is 9.79. The first-order chi connectivity index (χ1) is 12.4. The van der Waals surface area contributed by atoms with Crippen molar-refractivity contribution in [3.8, 4) is 0 Å². The molecule has 1 aromatic carbocycles. The first-order valence-corrected chi connectivity index (χ1v) is 9.18. The van der Waals surface area contributed by atoms with Crippen molar-refractivity contribution >= 4 is 29.9 Å². The third-order valence-electron chi connectivity index (χ3n) is 4.12. The molecule has 0 aliphatic heterocycles. The van der Waals surface area contributed by atoms with E-state index in [0.717, 1.165) is 18.7 Å². The Balaban J connectivity index is 0.00000364. The van der Waals surface area contributed by atoms with Gasteiger partial charge in [0.2, 0.25) is 0 Å². The molecule has 1 atom stereocenters. The number of halogens is 1. The standard InChI is InChI=1S/C20H31N5O.HI/c1-5-21-19(22-12-14-25-13-6-11-24-25)23-15-18(26)16-7-9-17(10-8-16)20(2,3)4;/h6-11,13,18,26H,5,12,14-15H2,1-4H3,(H2,21,22,23);1H. The minimum Gasteiger partial charge on any atom is -0.386 e. The van der Waals surface area contributed by atoms with Gasteiger partial charge in [0.25, 0.3) is 0 Å². The molecule has 150 valence electrons. The largest absolute Gasteiger partial charge is 0.386 e. The highest BCUT2D eigenvalue weighted by molar-refractivity contribution is 14.0. The Morgan fingerprint density at radius 1 is 1.22 bits per heavy atom. The number of aromatic nitrogens is 2. The van der Waals surface area contributed by atoms with Gasteiger partial charge in [0.15, 0.2) is 5.96 Å². The summed E-state index contributed by atoms with van der Waals surface area (Å²) >= 11 is 0. The lowest BCUT2D eigenvalue weighted by Crippen LogP contribution is -2.39. The van der Waals surface area contributed by atoms with Crippen LogP contribution >= 0.6 is 24.0 Å². The third-order valence-corrected chi connectivity index (χ3v) is 4.12. The highest BCUT2D eigenvalue weighted by atomic mass is 127. The second kappa shape index (κ2) is 11.3. The highest BCUT2D eigenvalue weighted by Crippen LogP contribution is 2.24. The number of rotatable bonds is 7. The number of nitrogens with zero attached hydrogens (tertiary/aromatic N) is 3. The second-order valence-corrected chi connectivity index (χ2v) is 7.30. The van der Waals surface area contributed by atoms with Crippen molar-refractivity contribution in [3.05, 3.63) is 53.9 Å². The van der Waals surface area contributed by atoms with E-state index in [9.17, 15) is 5.11 Å². The Morgan fingerprint density at radius 2 is 1.93 bits per heavy atom. The summed E-state index contributed by atoms with van der Waals surface area (Å²) in [5.41, 5.74) is 2.25. The van der Waals surface area contributed by atoms with Crippen LogP contribution in [-0.2, 0) is 12.0 Å². The molecule has 1 unspecified atom stereocenters. The summed E-state index contributed by atoms with van der Waals surface area (Å²) in [5, 5.41) is 21.1. The van der Waals surface area contributed by atoms with Crippen LogP contribution in [0.2, 0.25) is 0 Å². The molecule has 27 heavy (non-hydrogen) atoms. The van der Waals surface area contributed by atoms with Gasteiger partial charge in [-0.2, -0.15) is 5.10 Å². The van der Waals surface area contributed by atoms with Crippen molar-refractivity contribution in [2.45, 2.75) is 45.8 Å². The van der Waals surface area contributed by atoms with E-state index in [4.69, 9.17) is 0 Å². The molecule has 0 amide bonds. The summed E-state index contributed by atoms with van der Waals surface area (Å²) in [6, 6.07) is 10.0. The summed E-state index contributed by atoms with van der Waals surface area (Å²) in [6.45, 7) is 11.1. The first kappa shape index (κ1) is 23.4. The maximum atomic E-state index is 10.4. The second-order valence-electron chi connectivity index (χ2n) is 7.30. The molecule has 7 heteroatoms. The van der Waals surface area contributed by atoms with Gasteiger partial charge in [-0.1, -0.05) is 45.0 Å². The van der Waals surface area contributed by atoms with Crippen LogP contribution in [-0.4, -0.2) is 40.5 Å². The summed E-state index contributed by atoms with van der Waals surface area (Å²) in [6.07, 6.45) is 3.07. The van der Waals surface area contributed by atoms with Gasteiger partial charge in [-0.05, 0) is 29.5 Å². The number of hydrogen-bond acceptors (Lipinski definition) is 3. The monoisotopic (exact) mass is 485 g/mol. The number of nitrogens with one attached hydrogen (secondary N) is 2. The number of aliphatic hydroxyl groups is 1. The Labute approximate surface area is 179 Å². The average molecular weight is 485 g/mol. The van der Waals surface area contributed by atoms with E-state index in [1.807, 2.05) is 36.0 Å². The Hall–Kier alpha value is -1.61.